The number of amides is 2. The monoisotopic (exact) mass is 420 g/mol. The minimum atomic E-state index is -0.961. The molecule has 1 N–H and O–H groups in total. The fraction of sp³-hybridized carbons (Fsp3) is 0.320. The molecule has 0 saturated carbocycles. The van der Waals surface area contributed by atoms with Crippen LogP contribution in [0.2, 0.25) is 0 Å². The van der Waals surface area contributed by atoms with E-state index >= 15 is 0 Å². The summed E-state index contributed by atoms with van der Waals surface area (Å²) in [4.78, 5) is 38.7. The van der Waals surface area contributed by atoms with Gasteiger partial charge < -0.3 is 15.0 Å². The van der Waals surface area contributed by atoms with E-state index in [1.54, 1.807) is 6.20 Å². The Morgan fingerprint density at radius 3 is 2.35 bits per heavy atom. The molecule has 2 aromatic carbocycles. The van der Waals surface area contributed by atoms with Crippen molar-refractivity contribution >= 4 is 29.5 Å². The van der Waals surface area contributed by atoms with Crippen LogP contribution in [0.15, 0.2) is 54.7 Å². The fourth-order valence-corrected chi connectivity index (χ4v) is 3.57. The molecule has 0 fully saturated rings. The zero-order valence-corrected chi connectivity index (χ0v) is 18.3. The van der Waals surface area contributed by atoms with E-state index in [-0.39, 0.29) is 12.3 Å². The normalized spacial score (nSPS) is 15.9. The van der Waals surface area contributed by atoms with Gasteiger partial charge in [-0.1, -0.05) is 50.2 Å². The summed E-state index contributed by atoms with van der Waals surface area (Å²) in [5.41, 5.74) is 3.65. The third kappa shape index (κ3) is 5.40. The van der Waals surface area contributed by atoms with Gasteiger partial charge in [0.2, 0.25) is 5.91 Å². The maximum atomic E-state index is 12.6. The molecule has 31 heavy (non-hydrogen) atoms. The molecule has 1 heterocycles. The van der Waals surface area contributed by atoms with Crippen molar-refractivity contribution in [1.29, 1.82) is 0 Å². The average Bonchev–Trinajstić information content (AvgIpc) is 2.74. The van der Waals surface area contributed by atoms with E-state index in [2.05, 4.69) is 19.2 Å². The highest BCUT2D eigenvalue weighted by atomic mass is 16.5. The van der Waals surface area contributed by atoms with Crippen LogP contribution in [0.4, 0.5) is 5.69 Å². The van der Waals surface area contributed by atoms with Gasteiger partial charge in [-0.05, 0) is 47.7 Å². The largest absolute Gasteiger partial charge is 0.452 e. The third-order valence-electron chi connectivity index (χ3n) is 5.35. The van der Waals surface area contributed by atoms with E-state index in [0.717, 1.165) is 11.1 Å². The van der Waals surface area contributed by atoms with Crippen LogP contribution in [0.5, 0.6) is 0 Å². The van der Waals surface area contributed by atoms with Gasteiger partial charge in [-0.25, -0.2) is 0 Å². The Hall–Kier alpha value is -3.41. The summed E-state index contributed by atoms with van der Waals surface area (Å²) in [5, 5.41) is 2.77. The van der Waals surface area contributed by atoms with Gasteiger partial charge in [0.15, 0.2) is 6.10 Å². The first kappa shape index (κ1) is 22.3. The lowest BCUT2D eigenvalue weighted by Crippen LogP contribution is -2.35. The standard InChI is InChI=1S/C25H28N2O4/c1-16(2)19-9-11-21(12-10-19)26-25(30)17(3)31-24(29)15-23-22-8-6-5-7-20(22)13-14-27(23)18(4)28/h5-14,16-17,23H,15H2,1-4H3,(H,26,30)/t17-,23+/m0/s1. The lowest BCUT2D eigenvalue weighted by atomic mass is 9.94. The van der Waals surface area contributed by atoms with Crippen LogP contribution >= 0.6 is 0 Å². The average molecular weight is 421 g/mol. The number of hydrogen-bond acceptors (Lipinski definition) is 4. The molecule has 0 bridgehead atoms. The molecule has 1 aliphatic rings. The first-order valence-corrected chi connectivity index (χ1v) is 10.4. The number of benzene rings is 2. The minimum Gasteiger partial charge on any atom is -0.452 e. The van der Waals surface area contributed by atoms with Crippen LogP contribution in [0.1, 0.15) is 62.8 Å². The fourth-order valence-electron chi connectivity index (χ4n) is 3.57. The molecule has 3 rings (SSSR count). The smallest absolute Gasteiger partial charge is 0.309 e. The molecule has 2 amide bonds. The molecule has 0 radical (unpaired) electrons. The SMILES string of the molecule is CC(=O)N1C=Cc2ccccc2[C@H]1CC(=O)O[C@@H](C)C(=O)Nc1ccc(C(C)C)cc1. The zero-order chi connectivity index (χ0) is 22.5. The quantitative estimate of drug-likeness (QED) is 0.691. The number of carbonyl (C=O) groups excluding carboxylic acids is 3. The number of esters is 1. The molecule has 6 heteroatoms. The Morgan fingerprint density at radius 1 is 1.03 bits per heavy atom. The summed E-state index contributed by atoms with van der Waals surface area (Å²) in [7, 11) is 0. The highest BCUT2D eigenvalue weighted by Crippen LogP contribution is 2.33. The van der Waals surface area contributed by atoms with Crippen molar-refractivity contribution in [3.05, 3.63) is 71.4 Å². The Kier molecular flexibility index (Phi) is 6.90. The van der Waals surface area contributed by atoms with Gasteiger partial charge in [-0.3, -0.25) is 14.4 Å². The van der Waals surface area contributed by atoms with Crippen molar-refractivity contribution < 1.29 is 19.1 Å². The summed E-state index contributed by atoms with van der Waals surface area (Å²) in [6.07, 6.45) is 2.53. The van der Waals surface area contributed by atoms with Crippen LogP contribution in [-0.2, 0) is 19.1 Å². The lowest BCUT2D eigenvalue weighted by Gasteiger charge is -2.32. The van der Waals surface area contributed by atoms with Crippen molar-refractivity contribution in [1.82, 2.24) is 4.90 Å². The lowest BCUT2D eigenvalue weighted by molar-refractivity contribution is -0.154. The first-order chi connectivity index (χ1) is 14.8. The number of hydrogen-bond donors (Lipinski definition) is 1. The number of anilines is 1. The second kappa shape index (κ2) is 9.60. The van der Waals surface area contributed by atoms with Gasteiger partial charge in [0.25, 0.3) is 5.91 Å². The van der Waals surface area contributed by atoms with Crippen molar-refractivity contribution in [2.45, 2.75) is 52.2 Å². The number of carbonyl (C=O) groups is 3. The van der Waals surface area contributed by atoms with Gasteiger partial charge in [-0.2, -0.15) is 0 Å². The van der Waals surface area contributed by atoms with E-state index in [1.807, 2.05) is 54.6 Å². The molecule has 1 aliphatic heterocycles. The Balaban J connectivity index is 1.63. The van der Waals surface area contributed by atoms with Crippen molar-refractivity contribution in [2.24, 2.45) is 0 Å². The van der Waals surface area contributed by atoms with E-state index in [4.69, 9.17) is 4.74 Å². The summed E-state index contributed by atoms with van der Waals surface area (Å²) in [6, 6.07) is 14.7. The van der Waals surface area contributed by atoms with Crippen molar-refractivity contribution in [2.75, 3.05) is 5.32 Å². The molecule has 0 spiro atoms. The van der Waals surface area contributed by atoms with Gasteiger partial charge >= 0.3 is 5.97 Å². The van der Waals surface area contributed by atoms with Crippen molar-refractivity contribution in [3.8, 4) is 0 Å². The van der Waals surface area contributed by atoms with Crippen LogP contribution < -0.4 is 5.32 Å². The molecule has 2 aromatic rings. The second-order valence-corrected chi connectivity index (χ2v) is 7.99. The third-order valence-corrected chi connectivity index (χ3v) is 5.35. The molecule has 0 saturated heterocycles. The predicted molar refractivity (Wildman–Crippen MR) is 120 cm³/mol. The number of rotatable bonds is 6. The van der Waals surface area contributed by atoms with E-state index < -0.39 is 24.0 Å². The molecular formula is C25H28N2O4. The van der Waals surface area contributed by atoms with E-state index in [0.29, 0.717) is 11.6 Å². The van der Waals surface area contributed by atoms with E-state index in [1.165, 1.54) is 24.3 Å². The Labute approximate surface area is 182 Å². The summed E-state index contributed by atoms with van der Waals surface area (Å²) in [6.45, 7) is 7.19. The Bertz CT molecular complexity index is 995. The highest BCUT2D eigenvalue weighted by Gasteiger charge is 2.30. The minimum absolute atomic E-state index is 0.0400. The van der Waals surface area contributed by atoms with Crippen molar-refractivity contribution in [3.63, 3.8) is 0 Å². The number of ether oxygens (including phenoxy) is 1. The van der Waals surface area contributed by atoms with E-state index in [9.17, 15) is 14.4 Å². The second-order valence-electron chi connectivity index (χ2n) is 7.99. The molecule has 0 aliphatic carbocycles. The summed E-state index contributed by atoms with van der Waals surface area (Å²) >= 11 is 0. The number of fused-ring (bicyclic) bond motifs is 1. The molecule has 2 atom stereocenters. The summed E-state index contributed by atoms with van der Waals surface area (Å²) < 4.78 is 5.38. The molecular weight excluding hydrogens is 392 g/mol. The van der Waals surface area contributed by atoms with Crippen LogP contribution in [0.3, 0.4) is 0 Å². The number of nitrogens with one attached hydrogen (secondary N) is 1. The zero-order valence-electron chi connectivity index (χ0n) is 18.3. The van der Waals surface area contributed by atoms with Gasteiger partial charge in [0.05, 0.1) is 12.5 Å². The summed E-state index contributed by atoms with van der Waals surface area (Å²) in [5.74, 6) is -0.713. The molecule has 6 nitrogen and oxygen atoms in total. The van der Waals surface area contributed by atoms with Crippen LogP contribution in [0, 0.1) is 0 Å². The van der Waals surface area contributed by atoms with Crippen LogP contribution in [-0.4, -0.2) is 28.8 Å². The highest BCUT2D eigenvalue weighted by molar-refractivity contribution is 5.95. The molecule has 162 valence electrons. The Morgan fingerprint density at radius 2 is 1.71 bits per heavy atom. The molecule has 0 unspecified atom stereocenters. The first-order valence-electron chi connectivity index (χ1n) is 10.4. The maximum Gasteiger partial charge on any atom is 0.309 e. The van der Waals surface area contributed by atoms with Crippen LogP contribution in [0.25, 0.3) is 6.08 Å². The maximum absolute atomic E-state index is 12.6. The molecule has 0 aromatic heterocycles. The number of nitrogens with zero attached hydrogens (tertiary/aromatic N) is 1. The topological polar surface area (TPSA) is 75.7 Å². The van der Waals surface area contributed by atoms with Gasteiger partial charge in [0.1, 0.15) is 0 Å². The van der Waals surface area contributed by atoms with Gasteiger partial charge in [0, 0.05) is 18.8 Å². The van der Waals surface area contributed by atoms with Gasteiger partial charge in [-0.15, -0.1) is 0 Å². The predicted octanol–water partition coefficient (Wildman–Crippen LogP) is 4.64.